The molecule has 0 fully saturated rings. The van der Waals surface area contributed by atoms with Gasteiger partial charge < -0.3 is 15.0 Å². The van der Waals surface area contributed by atoms with E-state index >= 15 is 0 Å². The van der Waals surface area contributed by atoms with E-state index < -0.39 is 0 Å². The lowest BCUT2D eigenvalue weighted by atomic mass is 10.2. The zero-order valence-electron chi connectivity index (χ0n) is 13.2. The number of hydrogen-bond donors (Lipinski definition) is 1. The topological polar surface area (TPSA) is 37.4 Å². The van der Waals surface area contributed by atoms with Crippen molar-refractivity contribution in [1.29, 1.82) is 0 Å². The number of anilines is 1. The van der Waals surface area contributed by atoms with Crippen LogP contribution in [0.2, 0.25) is 0 Å². The van der Waals surface area contributed by atoms with Crippen LogP contribution < -0.4 is 10.1 Å². The van der Waals surface area contributed by atoms with Crippen molar-refractivity contribution in [2.45, 2.75) is 20.3 Å². The average molecular weight is 287 g/mol. The highest BCUT2D eigenvalue weighted by atomic mass is 16.5. The number of fused-ring (bicyclic) bond motifs is 1. The third-order valence-electron chi connectivity index (χ3n) is 3.76. The van der Waals surface area contributed by atoms with Crippen LogP contribution in [0, 0.1) is 0 Å². The molecule has 4 heteroatoms. The largest absolute Gasteiger partial charge is 0.494 e. The molecule has 114 valence electrons. The monoisotopic (exact) mass is 287 g/mol. The van der Waals surface area contributed by atoms with E-state index in [1.54, 1.807) is 13.3 Å². The number of benzene rings is 1. The van der Waals surface area contributed by atoms with Crippen molar-refractivity contribution in [3.63, 3.8) is 0 Å². The van der Waals surface area contributed by atoms with E-state index in [0.29, 0.717) is 0 Å². The molecule has 0 aliphatic heterocycles. The Labute approximate surface area is 127 Å². The molecule has 0 saturated carbocycles. The summed E-state index contributed by atoms with van der Waals surface area (Å²) < 4.78 is 5.44. The number of aromatic nitrogens is 1. The van der Waals surface area contributed by atoms with Gasteiger partial charge in [0.05, 0.1) is 7.11 Å². The first-order valence-electron chi connectivity index (χ1n) is 7.67. The summed E-state index contributed by atoms with van der Waals surface area (Å²) in [6.45, 7) is 8.74. The first-order chi connectivity index (χ1) is 10.3. The van der Waals surface area contributed by atoms with Crippen LogP contribution in [0.25, 0.3) is 10.9 Å². The fourth-order valence-corrected chi connectivity index (χ4v) is 2.49. The predicted molar refractivity (Wildman–Crippen MR) is 89.2 cm³/mol. The molecule has 0 amide bonds. The van der Waals surface area contributed by atoms with Gasteiger partial charge in [-0.05, 0) is 38.2 Å². The lowest BCUT2D eigenvalue weighted by Crippen LogP contribution is -2.25. The molecule has 0 saturated heterocycles. The van der Waals surface area contributed by atoms with Crippen LogP contribution in [0.1, 0.15) is 20.3 Å². The van der Waals surface area contributed by atoms with Crippen molar-refractivity contribution < 1.29 is 4.74 Å². The van der Waals surface area contributed by atoms with Gasteiger partial charge >= 0.3 is 0 Å². The van der Waals surface area contributed by atoms with Gasteiger partial charge in [-0.25, -0.2) is 0 Å². The second-order valence-electron chi connectivity index (χ2n) is 5.06. The summed E-state index contributed by atoms with van der Waals surface area (Å²) >= 11 is 0. The van der Waals surface area contributed by atoms with E-state index in [1.165, 1.54) is 0 Å². The predicted octanol–water partition coefficient (Wildman–Crippen LogP) is 3.39. The van der Waals surface area contributed by atoms with Gasteiger partial charge in [0, 0.05) is 29.9 Å². The Morgan fingerprint density at radius 1 is 1.24 bits per heavy atom. The van der Waals surface area contributed by atoms with Crippen molar-refractivity contribution in [1.82, 2.24) is 9.88 Å². The maximum absolute atomic E-state index is 5.44. The summed E-state index contributed by atoms with van der Waals surface area (Å²) in [7, 11) is 1.69. The van der Waals surface area contributed by atoms with Crippen LogP contribution in [0.4, 0.5) is 5.69 Å². The number of pyridine rings is 1. The van der Waals surface area contributed by atoms with Crippen LogP contribution >= 0.6 is 0 Å². The Kier molecular flexibility index (Phi) is 5.81. The molecule has 0 aliphatic rings. The lowest BCUT2D eigenvalue weighted by Gasteiger charge is -2.18. The smallest absolute Gasteiger partial charge is 0.147 e. The van der Waals surface area contributed by atoms with E-state index in [1.807, 2.05) is 12.1 Å². The Morgan fingerprint density at radius 2 is 2.05 bits per heavy atom. The van der Waals surface area contributed by atoms with E-state index in [0.717, 1.165) is 54.9 Å². The fraction of sp³-hybridized carbons (Fsp3) is 0.471. The molecule has 0 radical (unpaired) electrons. The third kappa shape index (κ3) is 4.08. The van der Waals surface area contributed by atoms with Gasteiger partial charge in [-0.1, -0.05) is 19.9 Å². The minimum Gasteiger partial charge on any atom is -0.494 e. The highest BCUT2D eigenvalue weighted by molar-refractivity contribution is 5.88. The van der Waals surface area contributed by atoms with Gasteiger partial charge in [0.15, 0.2) is 0 Å². The van der Waals surface area contributed by atoms with E-state index in [9.17, 15) is 0 Å². The number of nitrogens with zero attached hydrogens (tertiary/aromatic N) is 2. The quantitative estimate of drug-likeness (QED) is 0.755. The summed E-state index contributed by atoms with van der Waals surface area (Å²) in [6.07, 6.45) is 2.93. The normalized spacial score (nSPS) is 11.0. The average Bonchev–Trinajstić information content (AvgIpc) is 2.54. The van der Waals surface area contributed by atoms with Crippen LogP contribution in [-0.2, 0) is 0 Å². The first kappa shape index (κ1) is 15.6. The van der Waals surface area contributed by atoms with Gasteiger partial charge in [0.2, 0.25) is 0 Å². The molecular formula is C17H25N3O. The molecule has 2 aromatic rings. The van der Waals surface area contributed by atoms with Gasteiger partial charge in [-0.15, -0.1) is 0 Å². The molecule has 0 atom stereocenters. The Hall–Kier alpha value is -1.81. The number of nitrogens with one attached hydrogen (secondary N) is 1. The molecule has 0 aliphatic carbocycles. The minimum atomic E-state index is 0.819. The van der Waals surface area contributed by atoms with E-state index in [4.69, 9.17) is 4.74 Å². The van der Waals surface area contributed by atoms with Crippen molar-refractivity contribution in [2.24, 2.45) is 0 Å². The second-order valence-corrected chi connectivity index (χ2v) is 5.06. The van der Waals surface area contributed by atoms with Gasteiger partial charge in [0.25, 0.3) is 0 Å². The molecule has 0 bridgehead atoms. The number of hydrogen-bond acceptors (Lipinski definition) is 4. The summed E-state index contributed by atoms with van der Waals surface area (Å²) in [4.78, 5) is 6.81. The Bertz CT molecular complexity index is 567. The first-order valence-corrected chi connectivity index (χ1v) is 7.67. The van der Waals surface area contributed by atoms with Gasteiger partial charge in [0.1, 0.15) is 11.3 Å². The molecule has 1 aromatic heterocycles. The Balaban J connectivity index is 1.99. The van der Waals surface area contributed by atoms with Crippen LogP contribution in [0.15, 0.2) is 30.5 Å². The molecule has 21 heavy (non-hydrogen) atoms. The zero-order valence-corrected chi connectivity index (χ0v) is 13.2. The van der Waals surface area contributed by atoms with Crippen molar-refractivity contribution in [2.75, 3.05) is 38.6 Å². The van der Waals surface area contributed by atoms with Gasteiger partial charge in [-0.3, -0.25) is 4.98 Å². The van der Waals surface area contributed by atoms with Crippen LogP contribution in [0.5, 0.6) is 5.75 Å². The maximum atomic E-state index is 5.44. The number of rotatable bonds is 8. The number of ether oxygens (including phenoxy) is 1. The summed E-state index contributed by atoms with van der Waals surface area (Å²) in [5.74, 6) is 0.819. The van der Waals surface area contributed by atoms with Crippen molar-refractivity contribution in [3.05, 3.63) is 30.5 Å². The maximum Gasteiger partial charge on any atom is 0.147 e. The fourth-order valence-electron chi connectivity index (χ4n) is 2.49. The Morgan fingerprint density at radius 3 is 2.76 bits per heavy atom. The van der Waals surface area contributed by atoms with Gasteiger partial charge in [-0.2, -0.15) is 0 Å². The molecule has 2 rings (SSSR count). The number of methoxy groups -OCH3 is 1. The third-order valence-corrected chi connectivity index (χ3v) is 3.76. The van der Waals surface area contributed by atoms with Crippen LogP contribution in [-0.4, -0.2) is 43.2 Å². The standard InChI is InChI=1S/C17H25N3O/c1-4-20(5-2)11-7-10-18-15-12-14-8-6-9-19-17(14)16(13-15)21-3/h6,8-9,12-13,18H,4-5,7,10-11H2,1-3H3. The summed E-state index contributed by atoms with van der Waals surface area (Å²) in [5, 5.41) is 4.58. The molecule has 0 unspecified atom stereocenters. The zero-order chi connectivity index (χ0) is 15.1. The lowest BCUT2D eigenvalue weighted by molar-refractivity contribution is 0.303. The SMILES string of the molecule is CCN(CC)CCCNc1cc(OC)c2ncccc2c1. The van der Waals surface area contributed by atoms with Crippen LogP contribution in [0.3, 0.4) is 0 Å². The minimum absolute atomic E-state index is 0.819. The molecule has 4 nitrogen and oxygen atoms in total. The van der Waals surface area contributed by atoms with Crippen molar-refractivity contribution in [3.8, 4) is 5.75 Å². The summed E-state index contributed by atoms with van der Waals surface area (Å²) in [5.41, 5.74) is 2.00. The molecule has 0 spiro atoms. The summed E-state index contributed by atoms with van der Waals surface area (Å²) in [6, 6.07) is 8.16. The molecule has 1 N–H and O–H groups in total. The highest BCUT2D eigenvalue weighted by Gasteiger charge is 2.05. The molecule has 1 heterocycles. The molecule has 1 aromatic carbocycles. The van der Waals surface area contributed by atoms with E-state index in [-0.39, 0.29) is 0 Å². The second kappa shape index (κ2) is 7.84. The van der Waals surface area contributed by atoms with Crippen molar-refractivity contribution >= 4 is 16.6 Å². The highest BCUT2D eigenvalue weighted by Crippen LogP contribution is 2.27. The van der Waals surface area contributed by atoms with E-state index in [2.05, 4.69) is 41.2 Å². The molecular weight excluding hydrogens is 262 g/mol.